The van der Waals surface area contributed by atoms with Gasteiger partial charge in [-0.25, -0.2) is 0 Å². The van der Waals surface area contributed by atoms with Gasteiger partial charge in [0.1, 0.15) is 6.54 Å². The summed E-state index contributed by atoms with van der Waals surface area (Å²) >= 11 is 0. The van der Waals surface area contributed by atoms with E-state index in [9.17, 15) is 0 Å². The lowest BCUT2D eigenvalue weighted by molar-refractivity contribution is -0.870. The van der Waals surface area contributed by atoms with Crippen LogP contribution in [0.1, 0.15) is 13.3 Å². The Hall–Kier alpha value is -0.120. The third-order valence-electron chi connectivity index (χ3n) is 1.63. The van der Waals surface area contributed by atoms with Gasteiger partial charge in [-0.05, 0) is 6.42 Å². The minimum Gasteiger partial charge on any atom is -0.379 e. The number of quaternary nitrogens is 1. The average molecular weight is 190 g/mol. The third-order valence-corrected chi connectivity index (χ3v) is 1.63. The van der Waals surface area contributed by atoms with E-state index >= 15 is 0 Å². The zero-order valence-electron chi connectivity index (χ0n) is 9.51. The highest BCUT2D eigenvalue weighted by atomic mass is 16.5. The topological polar surface area (TPSA) is 18.5 Å². The van der Waals surface area contributed by atoms with E-state index in [-0.39, 0.29) is 0 Å². The van der Waals surface area contributed by atoms with Gasteiger partial charge in [0.15, 0.2) is 0 Å². The first-order valence-electron chi connectivity index (χ1n) is 5.02. The summed E-state index contributed by atoms with van der Waals surface area (Å²) in [5.74, 6) is 0. The van der Waals surface area contributed by atoms with Gasteiger partial charge < -0.3 is 14.0 Å². The SMILES string of the molecule is CCCOCCOCC[N+](C)(C)C. The Morgan fingerprint density at radius 2 is 1.38 bits per heavy atom. The van der Waals surface area contributed by atoms with E-state index in [0.29, 0.717) is 0 Å². The van der Waals surface area contributed by atoms with Crippen LogP contribution < -0.4 is 0 Å². The largest absolute Gasteiger partial charge is 0.379 e. The van der Waals surface area contributed by atoms with Crippen molar-refractivity contribution >= 4 is 0 Å². The highest BCUT2D eigenvalue weighted by Crippen LogP contribution is 1.89. The molecule has 0 saturated heterocycles. The Balaban J connectivity index is 3.00. The van der Waals surface area contributed by atoms with Crippen molar-refractivity contribution in [2.75, 3.05) is 54.1 Å². The molecule has 3 heteroatoms. The molecule has 0 aliphatic carbocycles. The molecule has 0 fully saturated rings. The second kappa shape index (κ2) is 7.30. The van der Waals surface area contributed by atoms with E-state index in [2.05, 4.69) is 28.1 Å². The van der Waals surface area contributed by atoms with Gasteiger partial charge in [0.05, 0.1) is 41.0 Å². The monoisotopic (exact) mass is 190 g/mol. The van der Waals surface area contributed by atoms with Crippen molar-refractivity contribution in [1.82, 2.24) is 0 Å². The molecule has 0 rings (SSSR count). The smallest absolute Gasteiger partial charge is 0.102 e. The molecule has 3 nitrogen and oxygen atoms in total. The van der Waals surface area contributed by atoms with E-state index in [1.165, 1.54) is 0 Å². The predicted molar refractivity (Wildman–Crippen MR) is 54.8 cm³/mol. The summed E-state index contributed by atoms with van der Waals surface area (Å²) in [5, 5.41) is 0. The van der Waals surface area contributed by atoms with Crippen molar-refractivity contribution in [3.8, 4) is 0 Å². The Kier molecular flexibility index (Phi) is 7.23. The number of rotatable bonds is 8. The summed E-state index contributed by atoms with van der Waals surface area (Å²) in [5.41, 5.74) is 0. The quantitative estimate of drug-likeness (QED) is 0.422. The molecule has 0 radical (unpaired) electrons. The van der Waals surface area contributed by atoms with Crippen LogP contribution in [0.5, 0.6) is 0 Å². The molecule has 0 aromatic rings. The summed E-state index contributed by atoms with van der Waals surface area (Å²) in [7, 11) is 6.49. The van der Waals surface area contributed by atoms with E-state index in [0.717, 1.165) is 43.9 Å². The van der Waals surface area contributed by atoms with Gasteiger partial charge in [-0.3, -0.25) is 0 Å². The van der Waals surface area contributed by atoms with Gasteiger partial charge in [-0.15, -0.1) is 0 Å². The molecule has 0 N–H and O–H groups in total. The van der Waals surface area contributed by atoms with Crippen molar-refractivity contribution in [1.29, 1.82) is 0 Å². The predicted octanol–water partition coefficient (Wildman–Crippen LogP) is 1.14. The van der Waals surface area contributed by atoms with Crippen LogP contribution in [0.15, 0.2) is 0 Å². The molecule has 0 unspecified atom stereocenters. The fraction of sp³-hybridized carbons (Fsp3) is 1.00. The van der Waals surface area contributed by atoms with Crippen LogP contribution in [0, 0.1) is 0 Å². The van der Waals surface area contributed by atoms with E-state index in [1.807, 2.05) is 0 Å². The second-order valence-corrected chi connectivity index (χ2v) is 4.24. The van der Waals surface area contributed by atoms with E-state index < -0.39 is 0 Å². The first-order valence-corrected chi connectivity index (χ1v) is 5.02. The van der Waals surface area contributed by atoms with Crippen molar-refractivity contribution in [2.45, 2.75) is 13.3 Å². The first kappa shape index (κ1) is 12.9. The Bertz CT molecular complexity index is 110. The van der Waals surface area contributed by atoms with Gasteiger partial charge in [0.25, 0.3) is 0 Å². The highest BCUT2D eigenvalue weighted by Gasteiger charge is 2.05. The molecule has 0 heterocycles. The summed E-state index contributed by atoms with van der Waals surface area (Å²) in [6.45, 7) is 6.27. The second-order valence-electron chi connectivity index (χ2n) is 4.24. The number of nitrogens with zero attached hydrogens (tertiary/aromatic N) is 1. The summed E-state index contributed by atoms with van der Waals surface area (Å²) in [6.07, 6.45) is 1.08. The molecule has 0 bridgehead atoms. The van der Waals surface area contributed by atoms with Crippen LogP contribution in [0.3, 0.4) is 0 Å². The number of hydrogen-bond donors (Lipinski definition) is 0. The lowest BCUT2D eigenvalue weighted by Crippen LogP contribution is -2.37. The minimum atomic E-state index is 0.722. The molecule has 0 aliphatic heterocycles. The Morgan fingerprint density at radius 3 is 1.85 bits per heavy atom. The number of hydrogen-bond acceptors (Lipinski definition) is 2. The molecular formula is C10H24NO2+. The van der Waals surface area contributed by atoms with Gasteiger partial charge >= 0.3 is 0 Å². The molecule has 13 heavy (non-hydrogen) atoms. The van der Waals surface area contributed by atoms with E-state index in [4.69, 9.17) is 9.47 Å². The van der Waals surface area contributed by atoms with Gasteiger partial charge in [0.2, 0.25) is 0 Å². The van der Waals surface area contributed by atoms with Crippen molar-refractivity contribution in [2.24, 2.45) is 0 Å². The molecule has 0 aromatic carbocycles. The number of likely N-dealkylation sites (N-methyl/N-ethyl adjacent to an activating group) is 1. The number of ether oxygens (including phenoxy) is 2. The zero-order valence-corrected chi connectivity index (χ0v) is 9.51. The zero-order chi connectivity index (χ0) is 10.2. The van der Waals surface area contributed by atoms with Crippen LogP contribution in [0.25, 0.3) is 0 Å². The van der Waals surface area contributed by atoms with Crippen molar-refractivity contribution in [3.63, 3.8) is 0 Å². The lowest BCUT2D eigenvalue weighted by Gasteiger charge is -2.23. The van der Waals surface area contributed by atoms with Crippen LogP contribution >= 0.6 is 0 Å². The van der Waals surface area contributed by atoms with Crippen LogP contribution in [-0.4, -0.2) is 58.6 Å². The minimum absolute atomic E-state index is 0.722. The fourth-order valence-corrected chi connectivity index (χ4v) is 0.805. The molecule has 0 aliphatic rings. The van der Waals surface area contributed by atoms with Gasteiger partial charge in [-0.1, -0.05) is 6.92 Å². The first-order chi connectivity index (χ1) is 6.06. The molecule has 0 spiro atoms. The summed E-state index contributed by atoms with van der Waals surface area (Å²) in [6, 6.07) is 0. The van der Waals surface area contributed by atoms with Crippen LogP contribution in [0.2, 0.25) is 0 Å². The van der Waals surface area contributed by atoms with Crippen LogP contribution in [0.4, 0.5) is 0 Å². The maximum Gasteiger partial charge on any atom is 0.102 e. The Labute approximate surface area is 82.2 Å². The van der Waals surface area contributed by atoms with Crippen molar-refractivity contribution in [3.05, 3.63) is 0 Å². The molecule has 0 aromatic heterocycles. The summed E-state index contributed by atoms with van der Waals surface area (Å²) < 4.78 is 11.7. The summed E-state index contributed by atoms with van der Waals surface area (Å²) in [4.78, 5) is 0. The maximum absolute atomic E-state index is 5.42. The van der Waals surface area contributed by atoms with Crippen LogP contribution in [-0.2, 0) is 9.47 Å². The molecule has 0 amide bonds. The van der Waals surface area contributed by atoms with E-state index in [1.54, 1.807) is 0 Å². The molecule has 80 valence electrons. The standard InChI is InChI=1S/C10H24NO2/c1-5-7-12-9-10-13-8-6-11(2,3)4/h5-10H2,1-4H3/q+1. The molecule has 0 atom stereocenters. The fourth-order valence-electron chi connectivity index (χ4n) is 0.805. The van der Waals surface area contributed by atoms with Gasteiger partial charge in [0, 0.05) is 6.61 Å². The molecule has 0 saturated carbocycles. The van der Waals surface area contributed by atoms with Crippen molar-refractivity contribution < 1.29 is 14.0 Å². The normalized spacial score (nSPS) is 12.0. The highest BCUT2D eigenvalue weighted by molar-refractivity contribution is 4.32. The third kappa shape index (κ3) is 11.9. The lowest BCUT2D eigenvalue weighted by atomic mass is 10.5. The Morgan fingerprint density at radius 1 is 0.846 bits per heavy atom. The average Bonchev–Trinajstić information content (AvgIpc) is 2.01. The van der Waals surface area contributed by atoms with Gasteiger partial charge in [-0.2, -0.15) is 0 Å². The molecular weight excluding hydrogens is 166 g/mol. The maximum atomic E-state index is 5.42.